The predicted octanol–water partition coefficient (Wildman–Crippen LogP) is 1.59. The van der Waals surface area contributed by atoms with E-state index in [1.807, 2.05) is 0 Å². The number of carboxylic acid groups (broad SMARTS) is 1. The van der Waals surface area contributed by atoms with Gasteiger partial charge in [-0.3, -0.25) is 4.79 Å². The van der Waals surface area contributed by atoms with Gasteiger partial charge < -0.3 is 25.0 Å². The molecular weight excluding hydrogens is 329 g/mol. The fourth-order valence-corrected chi connectivity index (χ4v) is 3.44. The molecule has 25 heavy (non-hydrogen) atoms. The molecule has 0 aliphatic carbocycles. The van der Waals surface area contributed by atoms with Gasteiger partial charge in [-0.2, -0.15) is 0 Å². The second-order valence-corrected chi connectivity index (χ2v) is 6.35. The van der Waals surface area contributed by atoms with Crippen molar-refractivity contribution in [3.05, 3.63) is 40.1 Å². The van der Waals surface area contributed by atoms with Crippen LogP contribution in [-0.2, 0) is 0 Å². The standard InChI is InChI=1S/C17H16FN3O4/c1-8-7-25-16-13-10(15(22)11(17(23)24)6-21(8)13)4-12(18)14(16)20-3-2-9(19)5-20/h4,6-7,9H,2-3,5,19H2,1H3,(H,23,24). The van der Waals surface area contributed by atoms with Crippen LogP contribution in [0.5, 0.6) is 5.75 Å². The van der Waals surface area contributed by atoms with Gasteiger partial charge in [-0.25, -0.2) is 9.18 Å². The molecule has 3 heterocycles. The SMILES string of the molecule is CC1=COc2c(N3CCC(N)C3)c(F)cc3c(=O)c(C(=O)O)cn1c23. The molecule has 1 aromatic heterocycles. The van der Waals surface area contributed by atoms with E-state index < -0.39 is 22.8 Å². The molecule has 0 amide bonds. The highest BCUT2D eigenvalue weighted by atomic mass is 19.1. The molecule has 1 aromatic carbocycles. The van der Waals surface area contributed by atoms with Crippen molar-refractivity contribution in [1.82, 2.24) is 4.57 Å². The number of pyridine rings is 1. The van der Waals surface area contributed by atoms with Gasteiger partial charge in [-0.15, -0.1) is 0 Å². The number of aromatic carboxylic acids is 1. The van der Waals surface area contributed by atoms with Gasteiger partial charge in [-0.05, 0) is 19.4 Å². The molecule has 0 spiro atoms. The first-order valence-electron chi connectivity index (χ1n) is 7.88. The highest BCUT2D eigenvalue weighted by Gasteiger charge is 2.30. The van der Waals surface area contributed by atoms with E-state index in [1.54, 1.807) is 16.4 Å². The van der Waals surface area contributed by atoms with Crippen molar-refractivity contribution in [1.29, 1.82) is 0 Å². The molecule has 0 bridgehead atoms. The summed E-state index contributed by atoms with van der Waals surface area (Å²) < 4.78 is 22.0. The summed E-state index contributed by atoms with van der Waals surface area (Å²) in [6, 6.07) is 1.03. The van der Waals surface area contributed by atoms with E-state index in [2.05, 4.69) is 0 Å². The molecule has 2 aromatic rings. The number of ether oxygens (including phenoxy) is 1. The van der Waals surface area contributed by atoms with Crippen LogP contribution in [0.3, 0.4) is 0 Å². The number of carboxylic acids is 1. The maximum absolute atomic E-state index is 14.8. The van der Waals surface area contributed by atoms with Crippen LogP contribution in [0.1, 0.15) is 23.7 Å². The quantitative estimate of drug-likeness (QED) is 0.858. The average Bonchev–Trinajstić information content (AvgIpc) is 2.98. The first-order valence-corrected chi connectivity index (χ1v) is 7.88. The summed E-state index contributed by atoms with van der Waals surface area (Å²) in [5.74, 6) is -1.77. The van der Waals surface area contributed by atoms with E-state index in [-0.39, 0.29) is 22.9 Å². The summed E-state index contributed by atoms with van der Waals surface area (Å²) in [4.78, 5) is 25.6. The number of hydrogen-bond acceptors (Lipinski definition) is 5. The van der Waals surface area contributed by atoms with E-state index in [4.69, 9.17) is 10.5 Å². The Bertz CT molecular complexity index is 1010. The van der Waals surface area contributed by atoms with Crippen LogP contribution in [0, 0.1) is 5.82 Å². The Morgan fingerprint density at radius 2 is 2.24 bits per heavy atom. The summed E-state index contributed by atoms with van der Waals surface area (Å²) in [5.41, 5.74) is 5.99. The van der Waals surface area contributed by atoms with E-state index >= 15 is 0 Å². The Morgan fingerprint density at radius 1 is 1.48 bits per heavy atom. The number of halogens is 1. The van der Waals surface area contributed by atoms with Crippen molar-refractivity contribution in [3.63, 3.8) is 0 Å². The van der Waals surface area contributed by atoms with Crippen molar-refractivity contribution >= 4 is 28.3 Å². The van der Waals surface area contributed by atoms with Crippen LogP contribution < -0.4 is 20.8 Å². The molecule has 2 aliphatic heterocycles. The lowest BCUT2D eigenvalue weighted by molar-refractivity contribution is 0.0695. The van der Waals surface area contributed by atoms with E-state index in [9.17, 15) is 19.1 Å². The molecule has 2 aliphatic rings. The average molecular weight is 345 g/mol. The summed E-state index contributed by atoms with van der Waals surface area (Å²) in [5, 5.41) is 9.24. The number of carbonyl (C=O) groups is 1. The molecular formula is C17H16FN3O4. The maximum atomic E-state index is 14.8. The minimum Gasteiger partial charge on any atom is -0.477 e. The molecule has 3 N–H and O–H groups in total. The van der Waals surface area contributed by atoms with Crippen LogP contribution in [0.4, 0.5) is 10.1 Å². The van der Waals surface area contributed by atoms with Gasteiger partial charge >= 0.3 is 5.97 Å². The number of nitrogens with zero attached hydrogens (tertiary/aromatic N) is 2. The molecule has 130 valence electrons. The van der Waals surface area contributed by atoms with Gasteiger partial charge in [0.1, 0.15) is 23.0 Å². The molecule has 0 radical (unpaired) electrons. The molecule has 8 heteroatoms. The number of nitrogens with two attached hydrogens (primary N) is 1. The first-order chi connectivity index (χ1) is 11.9. The molecule has 1 fully saturated rings. The maximum Gasteiger partial charge on any atom is 0.341 e. The van der Waals surface area contributed by atoms with Crippen LogP contribution in [0.25, 0.3) is 16.6 Å². The second-order valence-electron chi connectivity index (χ2n) is 6.35. The zero-order chi connectivity index (χ0) is 17.9. The molecule has 7 nitrogen and oxygen atoms in total. The van der Waals surface area contributed by atoms with Crippen molar-refractivity contribution < 1.29 is 19.0 Å². The van der Waals surface area contributed by atoms with Crippen LogP contribution in [0.2, 0.25) is 0 Å². The molecule has 0 saturated carbocycles. The Hall–Kier alpha value is -2.87. The molecule has 1 atom stereocenters. The predicted molar refractivity (Wildman–Crippen MR) is 90.5 cm³/mol. The molecule has 1 saturated heterocycles. The number of hydrogen-bond donors (Lipinski definition) is 2. The van der Waals surface area contributed by atoms with Crippen molar-refractivity contribution in [2.75, 3.05) is 18.0 Å². The topological polar surface area (TPSA) is 97.8 Å². The summed E-state index contributed by atoms with van der Waals surface area (Å²) in [6.07, 6.45) is 3.40. The monoisotopic (exact) mass is 345 g/mol. The Balaban J connectivity index is 2.08. The van der Waals surface area contributed by atoms with Crippen molar-refractivity contribution in [3.8, 4) is 5.75 Å². The molecule has 1 unspecified atom stereocenters. The van der Waals surface area contributed by atoms with Crippen molar-refractivity contribution in [2.45, 2.75) is 19.4 Å². The number of allylic oxidation sites excluding steroid dienone is 1. The highest BCUT2D eigenvalue weighted by molar-refractivity contribution is 5.99. The van der Waals surface area contributed by atoms with Gasteiger partial charge in [0.25, 0.3) is 0 Å². The normalized spacial score (nSPS) is 19.1. The first kappa shape index (κ1) is 15.6. The Morgan fingerprint density at radius 3 is 2.88 bits per heavy atom. The van der Waals surface area contributed by atoms with Crippen LogP contribution in [-0.4, -0.2) is 34.8 Å². The fourth-order valence-electron chi connectivity index (χ4n) is 3.44. The fraction of sp³-hybridized carbons (Fsp3) is 0.294. The van der Waals surface area contributed by atoms with E-state index in [0.717, 1.165) is 12.5 Å². The summed E-state index contributed by atoms with van der Waals surface area (Å²) >= 11 is 0. The smallest absolute Gasteiger partial charge is 0.341 e. The van der Waals surface area contributed by atoms with Gasteiger partial charge in [0.05, 0.1) is 11.1 Å². The molecule has 4 rings (SSSR count). The summed E-state index contributed by atoms with van der Waals surface area (Å²) in [6.45, 7) is 2.78. The third kappa shape index (κ3) is 2.21. The third-order valence-corrected chi connectivity index (χ3v) is 4.67. The Labute approximate surface area is 141 Å². The summed E-state index contributed by atoms with van der Waals surface area (Å²) in [7, 11) is 0. The van der Waals surface area contributed by atoms with E-state index in [1.165, 1.54) is 12.5 Å². The number of rotatable bonds is 2. The van der Waals surface area contributed by atoms with Gasteiger partial charge in [0.15, 0.2) is 11.6 Å². The lowest BCUT2D eigenvalue weighted by atomic mass is 10.1. The highest BCUT2D eigenvalue weighted by Crippen LogP contribution is 2.42. The van der Waals surface area contributed by atoms with Crippen LogP contribution in [0.15, 0.2) is 23.3 Å². The minimum atomic E-state index is -1.36. The number of aromatic nitrogens is 1. The zero-order valence-electron chi connectivity index (χ0n) is 13.5. The van der Waals surface area contributed by atoms with Crippen molar-refractivity contribution in [2.24, 2.45) is 5.73 Å². The third-order valence-electron chi connectivity index (χ3n) is 4.67. The lowest BCUT2D eigenvalue weighted by Gasteiger charge is -2.26. The van der Waals surface area contributed by atoms with Crippen LogP contribution >= 0.6 is 0 Å². The second kappa shape index (κ2) is 5.32. The van der Waals surface area contributed by atoms with Gasteiger partial charge in [0, 0.05) is 25.3 Å². The van der Waals surface area contributed by atoms with E-state index in [0.29, 0.717) is 24.3 Å². The van der Waals surface area contributed by atoms with Gasteiger partial charge in [-0.1, -0.05) is 0 Å². The zero-order valence-corrected chi connectivity index (χ0v) is 13.5. The number of benzene rings is 1. The number of anilines is 1. The minimum absolute atomic E-state index is 0.0212. The van der Waals surface area contributed by atoms with Gasteiger partial charge in [0.2, 0.25) is 5.43 Å². The Kier molecular flexibility index (Phi) is 3.33. The lowest BCUT2D eigenvalue weighted by Crippen LogP contribution is -2.28. The largest absolute Gasteiger partial charge is 0.477 e.